The minimum Gasteiger partial charge on any atom is -0.337 e. The second-order valence-corrected chi connectivity index (χ2v) is 8.96. The SMILES string of the molecule is Cc1nn(C)c(C)c1/C=C/C(=O)N1CCN(S(=O)(=O)c2cccc([N+](=O)[O-])c2)CC1. The minimum absolute atomic E-state index is 0.121. The molecule has 0 N–H and O–H groups in total. The Labute approximate surface area is 174 Å². The molecule has 1 fully saturated rings. The minimum atomic E-state index is -3.87. The normalized spacial score (nSPS) is 15.6. The number of aryl methyl sites for hydroxylation is 2. The first-order valence-corrected chi connectivity index (χ1v) is 10.8. The highest BCUT2D eigenvalue weighted by molar-refractivity contribution is 7.89. The second-order valence-electron chi connectivity index (χ2n) is 7.03. The summed E-state index contributed by atoms with van der Waals surface area (Å²) in [6.45, 7) is 4.51. The Morgan fingerprint density at radius 3 is 2.43 bits per heavy atom. The Balaban J connectivity index is 1.66. The molecule has 0 bridgehead atoms. The van der Waals surface area contributed by atoms with Crippen molar-refractivity contribution in [2.24, 2.45) is 7.05 Å². The lowest BCUT2D eigenvalue weighted by Gasteiger charge is -2.33. The molecule has 0 radical (unpaired) electrons. The molecule has 30 heavy (non-hydrogen) atoms. The molecule has 11 heteroatoms. The fourth-order valence-corrected chi connectivity index (χ4v) is 4.81. The molecule has 10 nitrogen and oxygen atoms in total. The van der Waals surface area contributed by atoms with Crippen LogP contribution in [0.25, 0.3) is 6.08 Å². The molecule has 1 saturated heterocycles. The summed E-state index contributed by atoms with van der Waals surface area (Å²) >= 11 is 0. The number of hydrogen-bond acceptors (Lipinski definition) is 6. The van der Waals surface area contributed by atoms with E-state index in [1.54, 1.807) is 15.7 Å². The molecule has 2 aromatic rings. The highest BCUT2D eigenvalue weighted by Crippen LogP contribution is 2.22. The summed E-state index contributed by atoms with van der Waals surface area (Å²) in [5, 5.41) is 15.2. The van der Waals surface area contributed by atoms with Gasteiger partial charge < -0.3 is 4.90 Å². The Hall–Kier alpha value is -3.05. The topological polar surface area (TPSA) is 119 Å². The molecule has 0 saturated carbocycles. The van der Waals surface area contributed by atoms with Gasteiger partial charge in [-0.15, -0.1) is 0 Å². The molecule has 2 heterocycles. The summed E-state index contributed by atoms with van der Waals surface area (Å²) in [5.41, 5.74) is 2.38. The standard InChI is InChI=1S/C19H23N5O5S/c1-14-18(15(2)21(3)20-14)7-8-19(25)22-9-11-23(12-10-22)30(28,29)17-6-4-5-16(13-17)24(26)27/h4-8,13H,9-12H2,1-3H3/b8-7+. The molecule has 1 aromatic heterocycles. The summed E-state index contributed by atoms with van der Waals surface area (Å²) < 4.78 is 28.6. The molecule has 1 aliphatic heterocycles. The molecule has 0 atom stereocenters. The highest BCUT2D eigenvalue weighted by Gasteiger charge is 2.30. The number of hydrogen-bond donors (Lipinski definition) is 0. The first-order valence-electron chi connectivity index (χ1n) is 9.33. The van der Waals surface area contributed by atoms with E-state index in [1.165, 1.54) is 28.6 Å². The number of nitro groups is 1. The van der Waals surface area contributed by atoms with Crippen molar-refractivity contribution in [2.75, 3.05) is 26.2 Å². The van der Waals surface area contributed by atoms with Crippen LogP contribution in [-0.4, -0.2) is 64.4 Å². The molecule has 0 spiro atoms. The van der Waals surface area contributed by atoms with E-state index in [0.29, 0.717) is 0 Å². The molecule has 160 valence electrons. The maximum absolute atomic E-state index is 12.8. The molecular formula is C19H23N5O5S. The first-order chi connectivity index (χ1) is 14.1. The number of rotatable bonds is 5. The maximum atomic E-state index is 12.8. The van der Waals surface area contributed by atoms with Crippen molar-refractivity contribution in [3.63, 3.8) is 0 Å². The number of non-ortho nitro benzene ring substituents is 1. The van der Waals surface area contributed by atoms with Crippen molar-refractivity contribution in [3.8, 4) is 0 Å². The summed E-state index contributed by atoms with van der Waals surface area (Å²) in [4.78, 5) is 24.3. The Bertz CT molecular complexity index is 1110. The average molecular weight is 433 g/mol. The van der Waals surface area contributed by atoms with Gasteiger partial charge in [-0.2, -0.15) is 9.40 Å². The zero-order chi connectivity index (χ0) is 22.1. The van der Waals surface area contributed by atoms with Crippen LogP contribution < -0.4 is 0 Å². The summed E-state index contributed by atoms with van der Waals surface area (Å²) in [6, 6.07) is 4.97. The van der Waals surface area contributed by atoms with Gasteiger partial charge in [-0.1, -0.05) is 6.07 Å². The second kappa shape index (κ2) is 8.36. The van der Waals surface area contributed by atoms with Crippen molar-refractivity contribution in [1.29, 1.82) is 0 Å². The van der Waals surface area contributed by atoms with Crippen LogP contribution in [0.15, 0.2) is 35.2 Å². The van der Waals surface area contributed by atoms with Crippen molar-refractivity contribution in [2.45, 2.75) is 18.7 Å². The van der Waals surface area contributed by atoms with Crippen molar-refractivity contribution >= 4 is 27.7 Å². The molecular weight excluding hydrogens is 410 g/mol. The van der Waals surface area contributed by atoms with Crippen LogP contribution in [0.1, 0.15) is 17.0 Å². The number of carbonyl (C=O) groups excluding carboxylic acids is 1. The van der Waals surface area contributed by atoms with E-state index in [2.05, 4.69) is 5.10 Å². The van der Waals surface area contributed by atoms with E-state index < -0.39 is 14.9 Å². The molecule has 0 aliphatic carbocycles. The van der Waals surface area contributed by atoms with Gasteiger partial charge in [0.05, 0.1) is 15.5 Å². The predicted octanol–water partition coefficient (Wildman–Crippen LogP) is 1.49. The Kier molecular flexibility index (Phi) is 6.04. The summed E-state index contributed by atoms with van der Waals surface area (Å²) in [5.74, 6) is -0.204. The third kappa shape index (κ3) is 4.26. The van der Waals surface area contributed by atoms with Crippen molar-refractivity contribution < 1.29 is 18.1 Å². The molecule has 0 unspecified atom stereocenters. The number of piperazine rings is 1. The number of nitro benzene ring substituents is 1. The van der Waals surface area contributed by atoms with E-state index in [4.69, 9.17) is 0 Å². The molecule has 1 aromatic carbocycles. The fourth-order valence-electron chi connectivity index (χ4n) is 3.35. The van der Waals surface area contributed by atoms with Gasteiger partial charge in [-0.3, -0.25) is 19.6 Å². The van der Waals surface area contributed by atoms with Gasteiger partial charge >= 0.3 is 0 Å². The van der Waals surface area contributed by atoms with Crippen LogP contribution in [0.3, 0.4) is 0 Å². The Morgan fingerprint density at radius 2 is 1.87 bits per heavy atom. The number of sulfonamides is 1. The monoisotopic (exact) mass is 433 g/mol. The zero-order valence-electron chi connectivity index (χ0n) is 17.0. The van der Waals surface area contributed by atoms with Gasteiger partial charge in [0.2, 0.25) is 15.9 Å². The van der Waals surface area contributed by atoms with Crippen LogP contribution in [-0.2, 0) is 21.9 Å². The number of aromatic nitrogens is 2. The number of amides is 1. The largest absolute Gasteiger partial charge is 0.337 e. The van der Waals surface area contributed by atoms with Gasteiger partial charge in [0, 0.05) is 62.7 Å². The quantitative estimate of drug-likeness (QED) is 0.400. The molecule has 1 amide bonds. The van der Waals surface area contributed by atoms with Crippen LogP contribution in [0.4, 0.5) is 5.69 Å². The van der Waals surface area contributed by atoms with E-state index in [-0.39, 0.29) is 42.7 Å². The number of benzene rings is 1. The predicted molar refractivity (Wildman–Crippen MR) is 110 cm³/mol. The van der Waals surface area contributed by atoms with Gasteiger partial charge in [0.15, 0.2) is 0 Å². The average Bonchev–Trinajstić information content (AvgIpc) is 2.97. The van der Waals surface area contributed by atoms with E-state index in [0.717, 1.165) is 23.0 Å². The van der Waals surface area contributed by atoms with Crippen LogP contribution >= 0.6 is 0 Å². The summed E-state index contributed by atoms with van der Waals surface area (Å²) in [7, 11) is -2.03. The number of carbonyl (C=O) groups is 1. The smallest absolute Gasteiger partial charge is 0.270 e. The lowest BCUT2D eigenvalue weighted by Crippen LogP contribution is -2.50. The highest BCUT2D eigenvalue weighted by atomic mass is 32.2. The third-order valence-electron chi connectivity index (χ3n) is 5.17. The van der Waals surface area contributed by atoms with Crippen LogP contribution in [0, 0.1) is 24.0 Å². The third-order valence-corrected chi connectivity index (χ3v) is 7.07. The lowest BCUT2D eigenvalue weighted by atomic mass is 10.2. The lowest BCUT2D eigenvalue weighted by molar-refractivity contribution is -0.385. The van der Waals surface area contributed by atoms with Crippen LogP contribution in [0.2, 0.25) is 0 Å². The van der Waals surface area contributed by atoms with Gasteiger partial charge in [0.1, 0.15) is 0 Å². The van der Waals surface area contributed by atoms with Gasteiger partial charge in [-0.05, 0) is 26.0 Å². The maximum Gasteiger partial charge on any atom is 0.270 e. The fraction of sp³-hybridized carbons (Fsp3) is 0.368. The number of nitrogens with zero attached hydrogens (tertiary/aromatic N) is 5. The molecule has 1 aliphatic rings. The van der Waals surface area contributed by atoms with E-state index in [1.807, 2.05) is 20.9 Å². The van der Waals surface area contributed by atoms with E-state index in [9.17, 15) is 23.3 Å². The molecule has 3 rings (SSSR count). The summed E-state index contributed by atoms with van der Waals surface area (Å²) in [6.07, 6.45) is 3.20. The Morgan fingerprint density at radius 1 is 1.20 bits per heavy atom. The van der Waals surface area contributed by atoms with Crippen molar-refractivity contribution in [3.05, 3.63) is 57.4 Å². The van der Waals surface area contributed by atoms with Gasteiger partial charge in [-0.25, -0.2) is 8.42 Å². The van der Waals surface area contributed by atoms with Gasteiger partial charge in [0.25, 0.3) is 5.69 Å². The van der Waals surface area contributed by atoms with E-state index >= 15 is 0 Å². The van der Waals surface area contributed by atoms with Crippen LogP contribution in [0.5, 0.6) is 0 Å². The van der Waals surface area contributed by atoms with Crippen molar-refractivity contribution in [1.82, 2.24) is 19.0 Å². The first kappa shape index (κ1) is 21.7. The zero-order valence-corrected chi connectivity index (χ0v) is 17.8.